The normalized spacial score (nSPS) is 24.0. The molecule has 4 aliphatic rings. The van der Waals surface area contributed by atoms with Gasteiger partial charge < -0.3 is 5.32 Å². The number of halogens is 1. The number of hydrogen-bond donors (Lipinski definition) is 1. The minimum absolute atomic E-state index is 0.590. The SMILES string of the molecule is FC1CCN(Cc2cccc3c2CC2=C3NCC3=C2CCCC3)CC1. The molecule has 1 aromatic rings. The van der Waals surface area contributed by atoms with Crippen molar-refractivity contribution in [1.29, 1.82) is 0 Å². The van der Waals surface area contributed by atoms with Crippen molar-refractivity contribution in [3.05, 3.63) is 51.6 Å². The molecule has 1 N–H and O–H groups in total. The molecule has 0 atom stereocenters. The van der Waals surface area contributed by atoms with Gasteiger partial charge in [0.2, 0.25) is 0 Å². The summed E-state index contributed by atoms with van der Waals surface area (Å²) < 4.78 is 13.4. The van der Waals surface area contributed by atoms with E-state index in [9.17, 15) is 4.39 Å². The quantitative estimate of drug-likeness (QED) is 0.862. The first kappa shape index (κ1) is 15.6. The first-order valence-corrected chi connectivity index (χ1v) is 9.95. The molecular weight excluding hydrogens is 311 g/mol. The Morgan fingerprint density at radius 2 is 1.92 bits per heavy atom. The standard InChI is InChI=1S/C22H27FN2/c23-17-8-10-25(11-9-17)14-16-5-3-7-19-20(16)12-21-18-6-2-1-4-15(18)13-24-22(19)21/h3,5,7,17,24H,1-2,4,6,8-14H2. The molecule has 1 saturated heterocycles. The molecule has 3 heteroatoms. The van der Waals surface area contributed by atoms with Crippen LogP contribution in [0.3, 0.4) is 0 Å². The molecule has 2 nitrogen and oxygen atoms in total. The molecule has 25 heavy (non-hydrogen) atoms. The molecule has 0 saturated carbocycles. The Balaban J connectivity index is 1.43. The molecule has 0 unspecified atom stereocenters. The van der Waals surface area contributed by atoms with Crippen LogP contribution >= 0.6 is 0 Å². The molecule has 0 amide bonds. The summed E-state index contributed by atoms with van der Waals surface area (Å²) in [5.41, 5.74) is 10.7. The van der Waals surface area contributed by atoms with Crippen LogP contribution in [0.5, 0.6) is 0 Å². The van der Waals surface area contributed by atoms with Gasteiger partial charge in [-0.05, 0) is 66.4 Å². The number of dihydropyridines is 1. The first-order valence-electron chi connectivity index (χ1n) is 9.95. The number of likely N-dealkylation sites (tertiary alicyclic amines) is 1. The van der Waals surface area contributed by atoms with Crippen molar-refractivity contribution >= 4 is 5.70 Å². The van der Waals surface area contributed by atoms with Crippen molar-refractivity contribution < 1.29 is 4.39 Å². The monoisotopic (exact) mass is 338 g/mol. The van der Waals surface area contributed by atoms with Crippen LogP contribution in [0.25, 0.3) is 5.70 Å². The summed E-state index contributed by atoms with van der Waals surface area (Å²) in [6, 6.07) is 6.78. The van der Waals surface area contributed by atoms with Gasteiger partial charge in [-0.25, -0.2) is 4.39 Å². The van der Waals surface area contributed by atoms with Gasteiger partial charge in [-0.15, -0.1) is 0 Å². The van der Waals surface area contributed by atoms with Gasteiger partial charge in [-0.3, -0.25) is 4.90 Å². The number of hydrogen-bond acceptors (Lipinski definition) is 2. The maximum absolute atomic E-state index is 13.4. The van der Waals surface area contributed by atoms with E-state index in [-0.39, 0.29) is 0 Å². The van der Waals surface area contributed by atoms with Gasteiger partial charge in [0.25, 0.3) is 0 Å². The van der Waals surface area contributed by atoms with Crippen molar-refractivity contribution in [2.75, 3.05) is 19.6 Å². The number of benzene rings is 1. The van der Waals surface area contributed by atoms with Crippen molar-refractivity contribution in [3.63, 3.8) is 0 Å². The third kappa shape index (κ3) is 2.73. The molecule has 2 heterocycles. The molecule has 1 fully saturated rings. The van der Waals surface area contributed by atoms with Crippen LogP contribution in [-0.4, -0.2) is 30.7 Å². The Morgan fingerprint density at radius 1 is 1.08 bits per heavy atom. The average Bonchev–Trinajstić information content (AvgIpc) is 3.04. The van der Waals surface area contributed by atoms with Crippen LogP contribution < -0.4 is 5.32 Å². The van der Waals surface area contributed by atoms with E-state index in [2.05, 4.69) is 28.4 Å². The zero-order valence-electron chi connectivity index (χ0n) is 14.9. The van der Waals surface area contributed by atoms with Crippen molar-refractivity contribution in [2.24, 2.45) is 0 Å². The largest absolute Gasteiger partial charge is 0.381 e. The molecule has 2 aliphatic heterocycles. The van der Waals surface area contributed by atoms with E-state index < -0.39 is 6.17 Å². The molecule has 5 rings (SSSR count). The van der Waals surface area contributed by atoms with E-state index in [1.54, 1.807) is 16.7 Å². The number of alkyl halides is 1. The predicted octanol–water partition coefficient (Wildman–Crippen LogP) is 4.36. The molecule has 2 aliphatic carbocycles. The van der Waals surface area contributed by atoms with Gasteiger partial charge in [0.15, 0.2) is 0 Å². The zero-order chi connectivity index (χ0) is 16.8. The van der Waals surface area contributed by atoms with Crippen LogP contribution in [0.2, 0.25) is 0 Å². The predicted molar refractivity (Wildman–Crippen MR) is 100.0 cm³/mol. The van der Waals surface area contributed by atoms with E-state index >= 15 is 0 Å². The highest BCUT2D eigenvalue weighted by Gasteiger charge is 2.31. The zero-order valence-corrected chi connectivity index (χ0v) is 14.9. The molecule has 0 radical (unpaired) electrons. The van der Waals surface area contributed by atoms with Crippen LogP contribution in [0.1, 0.15) is 55.2 Å². The van der Waals surface area contributed by atoms with E-state index in [0.29, 0.717) is 12.8 Å². The molecule has 0 spiro atoms. The van der Waals surface area contributed by atoms with Gasteiger partial charge in [0, 0.05) is 43.9 Å². The molecule has 1 aromatic carbocycles. The maximum Gasteiger partial charge on any atom is 0.103 e. The second kappa shape index (κ2) is 6.28. The summed E-state index contributed by atoms with van der Waals surface area (Å²) in [5.74, 6) is 0. The van der Waals surface area contributed by atoms with Crippen LogP contribution in [0.15, 0.2) is 34.9 Å². The third-order valence-electron chi connectivity index (χ3n) is 6.53. The Hall–Kier alpha value is -1.61. The number of piperidine rings is 1. The van der Waals surface area contributed by atoms with Gasteiger partial charge in [-0.2, -0.15) is 0 Å². The molecule has 0 aromatic heterocycles. The van der Waals surface area contributed by atoms with E-state index in [1.807, 2.05) is 0 Å². The van der Waals surface area contributed by atoms with E-state index in [1.165, 1.54) is 48.1 Å². The van der Waals surface area contributed by atoms with Crippen molar-refractivity contribution in [3.8, 4) is 0 Å². The Bertz CT molecular complexity index is 753. The van der Waals surface area contributed by atoms with E-state index in [4.69, 9.17) is 0 Å². The lowest BCUT2D eigenvalue weighted by molar-refractivity contribution is 0.145. The lowest BCUT2D eigenvalue weighted by Crippen LogP contribution is -2.34. The minimum Gasteiger partial charge on any atom is -0.381 e. The smallest absolute Gasteiger partial charge is 0.103 e. The molecule has 132 valence electrons. The number of nitrogens with zero attached hydrogens (tertiary/aromatic N) is 1. The van der Waals surface area contributed by atoms with Gasteiger partial charge >= 0.3 is 0 Å². The van der Waals surface area contributed by atoms with Gasteiger partial charge in [0.1, 0.15) is 6.17 Å². The van der Waals surface area contributed by atoms with Crippen molar-refractivity contribution in [1.82, 2.24) is 10.2 Å². The Kier molecular flexibility index (Phi) is 3.93. The topological polar surface area (TPSA) is 15.3 Å². The summed E-state index contributed by atoms with van der Waals surface area (Å²) in [4.78, 5) is 2.43. The van der Waals surface area contributed by atoms with Crippen LogP contribution in [0, 0.1) is 0 Å². The van der Waals surface area contributed by atoms with Gasteiger partial charge in [-0.1, -0.05) is 18.2 Å². The third-order valence-corrected chi connectivity index (χ3v) is 6.53. The average molecular weight is 338 g/mol. The number of nitrogens with one attached hydrogen (secondary N) is 1. The van der Waals surface area contributed by atoms with Gasteiger partial charge in [0.05, 0.1) is 0 Å². The highest BCUT2D eigenvalue weighted by molar-refractivity contribution is 5.81. The fraction of sp³-hybridized carbons (Fsp3) is 0.545. The lowest BCUT2D eigenvalue weighted by atomic mass is 9.84. The first-order chi connectivity index (χ1) is 12.3. The van der Waals surface area contributed by atoms with E-state index in [0.717, 1.165) is 32.6 Å². The summed E-state index contributed by atoms with van der Waals surface area (Å²) in [5, 5.41) is 3.73. The highest BCUT2D eigenvalue weighted by Crippen LogP contribution is 2.43. The fourth-order valence-electron chi connectivity index (χ4n) is 5.14. The maximum atomic E-state index is 13.4. The summed E-state index contributed by atoms with van der Waals surface area (Å²) in [6.45, 7) is 3.81. The second-order valence-electron chi connectivity index (χ2n) is 8.07. The number of rotatable bonds is 2. The molecule has 0 bridgehead atoms. The number of fused-ring (bicyclic) bond motifs is 3. The summed E-state index contributed by atoms with van der Waals surface area (Å²) >= 11 is 0. The second-order valence-corrected chi connectivity index (χ2v) is 8.07. The molecular formula is C22H27FN2. The number of allylic oxidation sites excluding steroid dienone is 2. The fourth-order valence-corrected chi connectivity index (χ4v) is 5.14. The summed E-state index contributed by atoms with van der Waals surface area (Å²) in [6.07, 6.45) is 7.13. The van der Waals surface area contributed by atoms with Crippen molar-refractivity contribution in [2.45, 2.75) is 57.7 Å². The lowest BCUT2D eigenvalue weighted by Gasteiger charge is -2.29. The van der Waals surface area contributed by atoms with Crippen LogP contribution in [-0.2, 0) is 13.0 Å². The Morgan fingerprint density at radius 3 is 2.80 bits per heavy atom. The van der Waals surface area contributed by atoms with Crippen LogP contribution in [0.4, 0.5) is 4.39 Å². The Labute approximate surface area is 149 Å². The summed E-state index contributed by atoms with van der Waals surface area (Å²) in [7, 11) is 0. The highest BCUT2D eigenvalue weighted by atomic mass is 19.1. The minimum atomic E-state index is -0.590.